The van der Waals surface area contributed by atoms with Crippen molar-refractivity contribution in [1.82, 2.24) is 9.97 Å². The molecule has 0 bridgehead atoms. The highest BCUT2D eigenvalue weighted by Gasteiger charge is 2.07. The van der Waals surface area contributed by atoms with Crippen molar-refractivity contribution >= 4 is 5.95 Å². The lowest BCUT2D eigenvalue weighted by Crippen LogP contribution is -2.14. The number of nitrogens with two attached hydrogens (primary N) is 1. The zero-order valence-corrected chi connectivity index (χ0v) is 9.53. The minimum absolute atomic E-state index is 0.266. The molecule has 18 heavy (non-hydrogen) atoms. The summed E-state index contributed by atoms with van der Waals surface area (Å²) in [7, 11) is 0. The second-order valence-electron chi connectivity index (χ2n) is 3.63. The van der Waals surface area contributed by atoms with Crippen LogP contribution in [0.1, 0.15) is 0 Å². The van der Waals surface area contributed by atoms with Gasteiger partial charge in [0, 0.05) is 42.7 Å². The number of hydrogen-bond acceptors (Lipinski definition) is 4. The maximum atomic E-state index is 13.5. The van der Waals surface area contributed by atoms with E-state index in [9.17, 15) is 8.78 Å². The van der Waals surface area contributed by atoms with E-state index in [0.717, 1.165) is 6.07 Å². The Labute approximate surface area is 103 Å². The van der Waals surface area contributed by atoms with Crippen LogP contribution in [-0.2, 0) is 0 Å². The average Bonchev–Trinajstić information content (AvgIpc) is 2.37. The Hall–Kier alpha value is -2.08. The minimum Gasteiger partial charge on any atom is -0.353 e. The topological polar surface area (TPSA) is 63.8 Å². The summed E-state index contributed by atoms with van der Waals surface area (Å²) in [6.07, 6.45) is 2.95. The van der Waals surface area contributed by atoms with E-state index in [0.29, 0.717) is 24.6 Å². The van der Waals surface area contributed by atoms with Gasteiger partial charge >= 0.3 is 0 Å². The molecule has 0 saturated carbocycles. The van der Waals surface area contributed by atoms with Gasteiger partial charge in [-0.25, -0.2) is 18.7 Å². The van der Waals surface area contributed by atoms with Gasteiger partial charge in [0.25, 0.3) is 0 Å². The molecule has 1 aromatic carbocycles. The summed E-state index contributed by atoms with van der Waals surface area (Å²) in [5.41, 5.74) is 6.09. The maximum Gasteiger partial charge on any atom is 0.222 e. The van der Waals surface area contributed by atoms with Crippen molar-refractivity contribution in [2.24, 2.45) is 5.73 Å². The van der Waals surface area contributed by atoms with Gasteiger partial charge in [-0.15, -0.1) is 0 Å². The van der Waals surface area contributed by atoms with Crippen LogP contribution in [0.25, 0.3) is 11.1 Å². The first-order valence-corrected chi connectivity index (χ1v) is 5.42. The largest absolute Gasteiger partial charge is 0.353 e. The van der Waals surface area contributed by atoms with Crippen LogP contribution < -0.4 is 11.1 Å². The fourth-order valence-electron chi connectivity index (χ4n) is 1.47. The van der Waals surface area contributed by atoms with Crippen molar-refractivity contribution in [3.05, 3.63) is 42.2 Å². The summed E-state index contributed by atoms with van der Waals surface area (Å²) < 4.78 is 26.3. The molecule has 0 aliphatic carbocycles. The van der Waals surface area contributed by atoms with Crippen LogP contribution >= 0.6 is 0 Å². The first kappa shape index (κ1) is 12.4. The van der Waals surface area contributed by atoms with E-state index in [1.165, 1.54) is 24.5 Å². The highest BCUT2D eigenvalue weighted by atomic mass is 19.1. The van der Waals surface area contributed by atoms with Crippen molar-refractivity contribution in [3.63, 3.8) is 0 Å². The van der Waals surface area contributed by atoms with Gasteiger partial charge in [-0.05, 0) is 12.1 Å². The number of hydrogen-bond donors (Lipinski definition) is 2. The number of nitrogens with zero attached hydrogens (tertiary/aromatic N) is 2. The first-order valence-electron chi connectivity index (χ1n) is 5.42. The quantitative estimate of drug-likeness (QED) is 0.868. The van der Waals surface area contributed by atoms with Crippen LogP contribution in [0.15, 0.2) is 30.6 Å². The number of nitrogens with one attached hydrogen (secondary N) is 1. The molecule has 0 saturated heterocycles. The Morgan fingerprint density at radius 1 is 1.17 bits per heavy atom. The average molecular weight is 250 g/mol. The molecular weight excluding hydrogens is 238 g/mol. The Kier molecular flexibility index (Phi) is 3.78. The summed E-state index contributed by atoms with van der Waals surface area (Å²) in [5, 5.41) is 2.90. The van der Waals surface area contributed by atoms with E-state index in [1.807, 2.05) is 0 Å². The second kappa shape index (κ2) is 5.50. The molecule has 94 valence electrons. The number of aromatic nitrogens is 2. The fraction of sp³-hybridized carbons (Fsp3) is 0.167. The summed E-state index contributed by atoms with van der Waals surface area (Å²) in [6.45, 7) is 1.03. The summed E-state index contributed by atoms with van der Waals surface area (Å²) in [5.74, 6) is -0.827. The van der Waals surface area contributed by atoms with E-state index in [1.54, 1.807) is 0 Å². The lowest BCUT2D eigenvalue weighted by Gasteiger charge is -2.05. The molecule has 3 N–H and O–H groups in total. The van der Waals surface area contributed by atoms with E-state index < -0.39 is 11.6 Å². The molecule has 0 atom stereocenters. The van der Waals surface area contributed by atoms with Crippen molar-refractivity contribution in [2.45, 2.75) is 0 Å². The van der Waals surface area contributed by atoms with Crippen LogP contribution in [0.4, 0.5) is 14.7 Å². The van der Waals surface area contributed by atoms with Gasteiger partial charge in [-0.2, -0.15) is 0 Å². The Bertz CT molecular complexity index is 528. The summed E-state index contributed by atoms with van der Waals surface area (Å²) in [4.78, 5) is 8.04. The molecule has 0 unspecified atom stereocenters. The van der Waals surface area contributed by atoms with Gasteiger partial charge < -0.3 is 11.1 Å². The van der Waals surface area contributed by atoms with Crippen molar-refractivity contribution in [3.8, 4) is 11.1 Å². The molecule has 0 amide bonds. The molecule has 6 heteroatoms. The van der Waals surface area contributed by atoms with Crippen molar-refractivity contribution in [1.29, 1.82) is 0 Å². The molecule has 0 aliphatic heterocycles. The third-order valence-corrected chi connectivity index (χ3v) is 2.32. The SMILES string of the molecule is NCCNc1ncc(-c2ccc(F)cc2F)cn1. The van der Waals surface area contributed by atoms with E-state index in [-0.39, 0.29) is 5.56 Å². The third-order valence-electron chi connectivity index (χ3n) is 2.32. The lowest BCUT2D eigenvalue weighted by molar-refractivity contribution is 0.585. The number of halogens is 2. The molecular formula is C12H12F2N4. The minimum atomic E-state index is -0.638. The maximum absolute atomic E-state index is 13.5. The highest BCUT2D eigenvalue weighted by molar-refractivity contribution is 5.62. The predicted molar refractivity (Wildman–Crippen MR) is 64.9 cm³/mol. The number of rotatable bonds is 4. The monoisotopic (exact) mass is 250 g/mol. The molecule has 0 spiro atoms. The predicted octanol–water partition coefficient (Wildman–Crippen LogP) is 1.79. The fourth-order valence-corrected chi connectivity index (χ4v) is 1.47. The Morgan fingerprint density at radius 3 is 2.50 bits per heavy atom. The molecule has 0 aliphatic rings. The van der Waals surface area contributed by atoms with Gasteiger partial charge in [0.2, 0.25) is 5.95 Å². The second-order valence-corrected chi connectivity index (χ2v) is 3.63. The van der Waals surface area contributed by atoms with E-state index in [4.69, 9.17) is 5.73 Å². The van der Waals surface area contributed by atoms with Gasteiger partial charge in [-0.1, -0.05) is 0 Å². The molecule has 1 aromatic heterocycles. The van der Waals surface area contributed by atoms with Crippen molar-refractivity contribution < 1.29 is 8.78 Å². The molecule has 0 radical (unpaired) electrons. The van der Waals surface area contributed by atoms with E-state index in [2.05, 4.69) is 15.3 Å². The number of anilines is 1. The standard InChI is InChI=1S/C12H12F2N4/c13-9-1-2-10(11(14)5-9)8-6-17-12(18-7-8)16-4-3-15/h1-2,5-7H,3-4,15H2,(H,16,17,18). The van der Waals surface area contributed by atoms with Gasteiger partial charge in [-0.3, -0.25) is 0 Å². The van der Waals surface area contributed by atoms with Gasteiger partial charge in [0.05, 0.1) is 0 Å². The van der Waals surface area contributed by atoms with Crippen LogP contribution in [-0.4, -0.2) is 23.1 Å². The normalized spacial score (nSPS) is 10.4. The first-order chi connectivity index (χ1) is 8.70. The van der Waals surface area contributed by atoms with Crippen LogP contribution in [0.2, 0.25) is 0 Å². The van der Waals surface area contributed by atoms with E-state index >= 15 is 0 Å². The van der Waals surface area contributed by atoms with Crippen LogP contribution in [0, 0.1) is 11.6 Å². The molecule has 1 heterocycles. The molecule has 4 nitrogen and oxygen atoms in total. The van der Waals surface area contributed by atoms with Gasteiger partial charge in [0.15, 0.2) is 0 Å². The number of benzene rings is 1. The third kappa shape index (κ3) is 2.78. The zero-order valence-electron chi connectivity index (χ0n) is 9.53. The van der Waals surface area contributed by atoms with Gasteiger partial charge in [0.1, 0.15) is 11.6 Å². The summed E-state index contributed by atoms with van der Waals surface area (Å²) >= 11 is 0. The zero-order chi connectivity index (χ0) is 13.0. The van der Waals surface area contributed by atoms with Crippen LogP contribution in [0.5, 0.6) is 0 Å². The Morgan fingerprint density at radius 2 is 1.89 bits per heavy atom. The Balaban J connectivity index is 2.23. The van der Waals surface area contributed by atoms with Crippen molar-refractivity contribution in [2.75, 3.05) is 18.4 Å². The molecule has 2 aromatic rings. The van der Waals surface area contributed by atoms with Crippen LogP contribution in [0.3, 0.4) is 0 Å². The lowest BCUT2D eigenvalue weighted by atomic mass is 10.1. The molecule has 2 rings (SSSR count). The molecule has 0 fully saturated rings. The smallest absolute Gasteiger partial charge is 0.222 e. The summed E-state index contributed by atoms with van der Waals surface area (Å²) in [6, 6.07) is 3.38. The highest BCUT2D eigenvalue weighted by Crippen LogP contribution is 2.22.